The number of carbonyl (C=O) groups is 1. The standard InChI is InChI=1S/C26H26BrN3O2/c1-3-32-21-14-8-18(9-15-21)25-22-23(17-6-10-19(27)11-7-17)28-29-24(22)26(31)30(25)20-12-4-16(2)5-13-20/h4-15,22-25,28-29H,3H2,1-2H3. The van der Waals surface area contributed by atoms with Crippen LogP contribution in [0.4, 0.5) is 5.69 Å². The number of fused-ring (bicyclic) bond motifs is 1. The van der Waals surface area contributed by atoms with E-state index in [4.69, 9.17) is 4.74 Å². The highest BCUT2D eigenvalue weighted by Gasteiger charge is 2.55. The van der Waals surface area contributed by atoms with Gasteiger partial charge in [-0.1, -0.05) is 57.9 Å². The van der Waals surface area contributed by atoms with E-state index in [1.807, 2.05) is 48.2 Å². The second-order valence-corrected chi connectivity index (χ2v) is 9.28. The fourth-order valence-electron chi connectivity index (χ4n) is 4.88. The summed E-state index contributed by atoms with van der Waals surface area (Å²) >= 11 is 3.52. The number of carbonyl (C=O) groups excluding carboxylic acids is 1. The molecule has 0 aliphatic carbocycles. The van der Waals surface area contributed by atoms with Crippen molar-refractivity contribution in [2.45, 2.75) is 32.0 Å². The third-order valence-corrected chi connectivity index (χ3v) is 6.91. The molecule has 3 aromatic rings. The molecule has 4 unspecified atom stereocenters. The van der Waals surface area contributed by atoms with Crippen molar-refractivity contribution in [3.8, 4) is 5.75 Å². The summed E-state index contributed by atoms with van der Waals surface area (Å²) < 4.78 is 6.69. The lowest BCUT2D eigenvalue weighted by atomic mass is 9.83. The van der Waals surface area contributed by atoms with Crippen LogP contribution in [-0.2, 0) is 4.79 Å². The van der Waals surface area contributed by atoms with E-state index in [-0.39, 0.29) is 30.0 Å². The lowest BCUT2D eigenvalue weighted by Crippen LogP contribution is -2.41. The maximum Gasteiger partial charge on any atom is 0.246 e. The molecule has 2 fully saturated rings. The van der Waals surface area contributed by atoms with Crippen LogP contribution in [0.15, 0.2) is 77.3 Å². The van der Waals surface area contributed by atoms with Gasteiger partial charge in [0.1, 0.15) is 11.8 Å². The van der Waals surface area contributed by atoms with Gasteiger partial charge in [-0.2, -0.15) is 0 Å². The third-order valence-electron chi connectivity index (χ3n) is 6.38. The molecule has 0 spiro atoms. The topological polar surface area (TPSA) is 53.6 Å². The number of benzene rings is 3. The smallest absolute Gasteiger partial charge is 0.246 e. The Morgan fingerprint density at radius 3 is 2.16 bits per heavy atom. The van der Waals surface area contributed by atoms with Gasteiger partial charge in [-0.05, 0) is 61.4 Å². The van der Waals surface area contributed by atoms with Crippen molar-refractivity contribution in [2.24, 2.45) is 5.92 Å². The molecule has 5 nitrogen and oxygen atoms in total. The average Bonchev–Trinajstić information content (AvgIpc) is 3.35. The van der Waals surface area contributed by atoms with E-state index in [1.54, 1.807) is 0 Å². The summed E-state index contributed by atoms with van der Waals surface area (Å²) in [4.78, 5) is 15.6. The van der Waals surface area contributed by atoms with E-state index in [2.05, 4.69) is 70.1 Å². The Balaban J connectivity index is 1.59. The van der Waals surface area contributed by atoms with Gasteiger partial charge in [0.25, 0.3) is 0 Å². The van der Waals surface area contributed by atoms with Gasteiger partial charge in [0.05, 0.1) is 18.7 Å². The summed E-state index contributed by atoms with van der Waals surface area (Å²) in [5, 5.41) is 0. The molecule has 0 bridgehead atoms. The summed E-state index contributed by atoms with van der Waals surface area (Å²) in [6.07, 6.45) is 0. The summed E-state index contributed by atoms with van der Waals surface area (Å²) in [5.41, 5.74) is 11.0. The molecule has 32 heavy (non-hydrogen) atoms. The first-order valence-electron chi connectivity index (χ1n) is 11.0. The predicted octanol–water partition coefficient (Wildman–Crippen LogP) is 5.08. The van der Waals surface area contributed by atoms with Crippen LogP contribution in [0, 0.1) is 12.8 Å². The molecule has 2 aliphatic rings. The molecule has 2 aliphatic heterocycles. The summed E-state index contributed by atoms with van der Waals surface area (Å²) in [6, 6.07) is 24.3. The van der Waals surface area contributed by atoms with Crippen molar-refractivity contribution in [1.82, 2.24) is 10.9 Å². The van der Waals surface area contributed by atoms with Gasteiger partial charge in [0, 0.05) is 16.1 Å². The van der Waals surface area contributed by atoms with Crippen LogP contribution in [-0.4, -0.2) is 18.6 Å². The first kappa shape index (κ1) is 21.2. The van der Waals surface area contributed by atoms with E-state index >= 15 is 0 Å². The van der Waals surface area contributed by atoms with Gasteiger partial charge in [-0.3, -0.25) is 4.79 Å². The van der Waals surface area contributed by atoms with Gasteiger partial charge < -0.3 is 9.64 Å². The lowest BCUT2D eigenvalue weighted by Gasteiger charge is -2.31. The molecule has 0 aromatic heterocycles. The number of aryl methyl sites for hydroxylation is 1. The first-order chi connectivity index (χ1) is 15.6. The highest BCUT2D eigenvalue weighted by molar-refractivity contribution is 9.10. The number of amides is 1. The molecule has 0 radical (unpaired) electrons. The van der Waals surface area contributed by atoms with Crippen LogP contribution in [0.2, 0.25) is 0 Å². The van der Waals surface area contributed by atoms with Crippen LogP contribution < -0.4 is 20.5 Å². The number of anilines is 1. The number of halogens is 1. The normalized spacial score (nSPS) is 24.6. The molecule has 3 aromatic carbocycles. The summed E-state index contributed by atoms with van der Waals surface area (Å²) in [6.45, 7) is 4.66. The monoisotopic (exact) mass is 491 g/mol. The minimum Gasteiger partial charge on any atom is -0.494 e. The van der Waals surface area contributed by atoms with Crippen molar-refractivity contribution in [3.63, 3.8) is 0 Å². The molecule has 2 N–H and O–H groups in total. The maximum atomic E-state index is 13.6. The van der Waals surface area contributed by atoms with Crippen molar-refractivity contribution >= 4 is 27.5 Å². The zero-order valence-electron chi connectivity index (χ0n) is 18.1. The van der Waals surface area contributed by atoms with Crippen LogP contribution in [0.3, 0.4) is 0 Å². The van der Waals surface area contributed by atoms with E-state index < -0.39 is 0 Å². The van der Waals surface area contributed by atoms with Crippen molar-refractivity contribution in [3.05, 3.63) is 94.0 Å². The highest BCUT2D eigenvalue weighted by Crippen LogP contribution is 2.49. The van der Waals surface area contributed by atoms with E-state index in [9.17, 15) is 4.79 Å². The minimum absolute atomic E-state index is 0.00377. The van der Waals surface area contributed by atoms with Crippen LogP contribution in [0.1, 0.15) is 35.7 Å². The van der Waals surface area contributed by atoms with E-state index in [0.29, 0.717) is 6.61 Å². The number of rotatable bonds is 5. The number of ether oxygens (including phenoxy) is 1. The average molecular weight is 492 g/mol. The van der Waals surface area contributed by atoms with Crippen molar-refractivity contribution < 1.29 is 9.53 Å². The molecule has 4 atom stereocenters. The SMILES string of the molecule is CCOc1ccc(C2C3C(NNC3c3ccc(Br)cc3)C(=O)N2c2ccc(C)cc2)cc1. The molecule has 164 valence electrons. The Labute approximate surface area is 196 Å². The fraction of sp³-hybridized carbons (Fsp3) is 0.269. The van der Waals surface area contributed by atoms with Crippen LogP contribution in [0.5, 0.6) is 5.75 Å². The molecular weight excluding hydrogens is 466 g/mol. The predicted molar refractivity (Wildman–Crippen MR) is 129 cm³/mol. The molecular formula is C26H26BrN3O2. The van der Waals surface area contributed by atoms with Crippen molar-refractivity contribution in [2.75, 3.05) is 11.5 Å². The molecule has 5 rings (SSSR count). The second-order valence-electron chi connectivity index (χ2n) is 8.36. The number of nitrogens with zero attached hydrogens (tertiary/aromatic N) is 1. The highest BCUT2D eigenvalue weighted by atomic mass is 79.9. The fourth-order valence-corrected chi connectivity index (χ4v) is 5.15. The van der Waals surface area contributed by atoms with Gasteiger partial charge in [0.2, 0.25) is 5.91 Å². The van der Waals surface area contributed by atoms with Gasteiger partial charge in [0.15, 0.2) is 0 Å². The van der Waals surface area contributed by atoms with E-state index in [0.717, 1.165) is 27.0 Å². The van der Waals surface area contributed by atoms with Gasteiger partial charge >= 0.3 is 0 Å². The summed E-state index contributed by atoms with van der Waals surface area (Å²) in [5.74, 6) is 0.957. The Kier molecular flexibility index (Phi) is 5.76. The quantitative estimate of drug-likeness (QED) is 0.522. The third kappa shape index (κ3) is 3.72. The van der Waals surface area contributed by atoms with Gasteiger partial charge in [-0.25, -0.2) is 10.9 Å². The minimum atomic E-state index is -0.304. The van der Waals surface area contributed by atoms with Gasteiger partial charge in [-0.15, -0.1) is 0 Å². The van der Waals surface area contributed by atoms with Crippen LogP contribution in [0.25, 0.3) is 0 Å². The number of hydrogen-bond acceptors (Lipinski definition) is 4. The Hall–Kier alpha value is -2.67. The number of nitrogens with one attached hydrogen (secondary N) is 2. The number of hydrazine groups is 1. The van der Waals surface area contributed by atoms with Crippen molar-refractivity contribution in [1.29, 1.82) is 0 Å². The lowest BCUT2D eigenvalue weighted by molar-refractivity contribution is -0.119. The second kappa shape index (κ2) is 8.70. The molecule has 2 saturated heterocycles. The molecule has 0 saturated carbocycles. The maximum absolute atomic E-state index is 13.6. The molecule has 6 heteroatoms. The molecule has 1 amide bonds. The largest absolute Gasteiger partial charge is 0.494 e. The molecule has 2 heterocycles. The zero-order valence-corrected chi connectivity index (χ0v) is 19.7. The Morgan fingerprint density at radius 1 is 0.875 bits per heavy atom. The van der Waals surface area contributed by atoms with Crippen LogP contribution >= 0.6 is 15.9 Å². The summed E-state index contributed by atoms with van der Waals surface area (Å²) in [7, 11) is 0. The number of hydrogen-bond donors (Lipinski definition) is 2. The Morgan fingerprint density at radius 2 is 1.50 bits per heavy atom. The first-order valence-corrected chi connectivity index (χ1v) is 11.7. The van der Waals surface area contributed by atoms with E-state index in [1.165, 1.54) is 5.56 Å². The Bertz CT molecular complexity index is 1100. The zero-order chi connectivity index (χ0) is 22.2.